The van der Waals surface area contributed by atoms with Crippen LogP contribution in [0, 0.1) is 0 Å². The summed E-state index contributed by atoms with van der Waals surface area (Å²) >= 11 is 0. The Morgan fingerprint density at radius 1 is 1.14 bits per heavy atom. The second-order valence-electron chi connectivity index (χ2n) is 3.37. The van der Waals surface area contributed by atoms with Crippen LogP contribution >= 0.6 is 0 Å². The zero-order chi connectivity index (χ0) is 10.6. The lowest BCUT2D eigenvalue weighted by molar-refractivity contribution is -0.143. The van der Waals surface area contributed by atoms with Crippen LogP contribution in [0.5, 0.6) is 0 Å². The van der Waals surface area contributed by atoms with E-state index in [0.29, 0.717) is 13.0 Å². The lowest BCUT2D eigenvalue weighted by Crippen LogP contribution is -2.04. The molecule has 2 nitrogen and oxygen atoms in total. The fraction of sp³-hybridized carbons (Fsp3) is 0.750. The minimum absolute atomic E-state index is 0.0746. The Labute approximate surface area is 87.3 Å². The number of carbonyl (C=O) groups excluding carboxylic acids is 1. The third kappa shape index (κ3) is 9.30. The highest BCUT2D eigenvalue weighted by Crippen LogP contribution is 1.97. The van der Waals surface area contributed by atoms with Crippen molar-refractivity contribution in [2.45, 2.75) is 52.4 Å². The van der Waals surface area contributed by atoms with Gasteiger partial charge in [0.05, 0.1) is 6.61 Å². The summed E-state index contributed by atoms with van der Waals surface area (Å²) in [6.07, 6.45) is 10.1. The summed E-state index contributed by atoms with van der Waals surface area (Å²) in [6, 6.07) is 0. The SMILES string of the molecule is CCCC/C=C\CCOC(=O)CCC. The van der Waals surface area contributed by atoms with Crippen LogP contribution in [-0.2, 0) is 9.53 Å². The quantitative estimate of drug-likeness (QED) is 0.339. The molecule has 0 aromatic rings. The van der Waals surface area contributed by atoms with Crippen LogP contribution in [0.4, 0.5) is 0 Å². The first-order chi connectivity index (χ1) is 6.81. The summed E-state index contributed by atoms with van der Waals surface area (Å²) < 4.78 is 5.00. The third-order valence-corrected chi connectivity index (χ3v) is 1.89. The van der Waals surface area contributed by atoms with Gasteiger partial charge in [-0.25, -0.2) is 0 Å². The summed E-state index contributed by atoms with van der Waals surface area (Å²) in [6.45, 7) is 4.69. The van der Waals surface area contributed by atoms with Gasteiger partial charge in [-0.1, -0.05) is 38.8 Å². The standard InChI is InChI=1S/C12H22O2/c1-3-5-6-7-8-9-11-14-12(13)10-4-2/h7-8H,3-6,9-11H2,1-2H3/b8-7-. The van der Waals surface area contributed by atoms with E-state index >= 15 is 0 Å². The second-order valence-corrected chi connectivity index (χ2v) is 3.37. The first kappa shape index (κ1) is 13.2. The Morgan fingerprint density at radius 3 is 2.50 bits per heavy atom. The number of hydrogen-bond donors (Lipinski definition) is 0. The fourth-order valence-electron chi connectivity index (χ4n) is 1.07. The molecule has 0 rings (SSSR count). The van der Waals surface area contributed by atoms with E-state index in [-0.39, 0.29) is 5.97 Å². The first-order valence-electron chi connectivity index (χ1n) is 5.61. The average Bonchev–Trinajstić information content (AvgIpc) is 2.17. The van der Waals surface area contributed by atoms with E-state index in [0.717, 1.165) is 19.3 Å². The van der Waals surface area contributed by atoms with Gasteiger partial charge in [0, 0.05) is 6.42 Å². The fourth-order valence-corrected chi connectivity index (χ4v) is 1.07. The first-order valence-corrected chi connectivity index (χ1v) is 5.61. The zero-order valence-electron chi connectivity index (χ0n) is 9.42. The summed E-state index contributed by atoms with van der Waals surface area (Å²) in [4.78, 5) is 10.9. The molecule has 0 bridgehead atoms. The molecule has 14 heavy (non-hydrogen) atoms. The van der Waals surface area contributed by atoms with E-state index in [9.17, 15) is 4.79 Å². The predicted molar refractivity (Wildman–Crippen MR) is 59.1 cm³/mol. The van der Waals surface area contributed by atoms with Crippen molar-refractivity contribution >= 4 is 5.97 Å². The van der Waals surface area contributed by atoms with Gasteiger partial charge in [-0.2, -0.15) is 0 Å². The largest absolute Gasteiger partial charge is 0.465 e. The van der Waals surface area contributed by atoms with E-state index in [1.54, 1.807) is 0 Å². The molecule has 0 aliphatic carbocycles. The van der Waals surface area contributed by atoms with Gasteiger partial charge in [-0.05, 0) is 19.3 Å². The summed E-state index contributed by atoms with van der Waals surface area (Å²) in [5, 5.41) is 0. The molecule has 0 saturated heterocycles. The van der Waals surface area contributed by atoms with Crippen molar-refractivity contribution in [1.82, 2.24) is 0 Å². The van der Waals surface area contributed by atoms with Crippen LogP contribution in [0.1, 0.15) is 52.4 Å². The van der Waals surface area contributed by atoms with Crippen molar-refractivity contribution in [3.05, 3.63) is 12.2 Å². The zero-order valence-corrected chi connectivity index (χ0v) is 9.42. The van der Waals surface area contributed by atoms with Gasteiger partial charge in [-0.3, -0.25) is 4.79 Å². The van der Waals surface area contributed by atoms with Gasteiger partial charge >= 0.3 is 5.97 Å². The van der Waals surface area contributed by atoms with Crippen LogP contribution in [0.3, 0.4) is 0 Å². The second kappa shape index (κ2) is 10.3. The summed E-state index contributed by atoms with van der Waals surface area (Å²) in [7, 11) is 0. The molecule has 0 aromatic carbocycles. The average molecular weight is 198 g/mol. The van der Waals surface area contributed by atoms with Gasteiger partial charge in [-0.15, -0.1) is 0 Å². The monoisotopic (exact) mass is 198 g/mol. The highest BCUT2D eigenvalue weighted by atomic mass is 16.5. The van der Waals surface area contributed by atoms with E-state index in [1.807, 2.05) is 6.92 Å². The topological polar surface area (TPSA) is 26.3 Å². The number of unbranched alkanes of at least 4 members (excludes halogenated alkanes) is 2. The molecule has 0 saturated carbocycles. The maximum absolute atomic E-state index is 10.9. The molecular formula is C12H22O2. The number of carbonyl (C=O) groups is 1. The minimum Gasteiger partial charge on any atom is -0.465 e. The van der Waals surface area contributed by atoms with Crippen LogP contribution < -0.4 is 0 Å². The molecular weight excluding hydrogens is 176 g/mol. The van der Waals surface area contributed by atoms with Crippen LogP contribution in [0.15, 0.2) is 12.2 Å². The number of esters is 1. The van der Waals surface area contributed by atoms with Crippen molar-refractivity contribution in [2.75, 3.05) is 6.61 Å². The summed E-state index contributed by atoms with van der Waals surface area (Å²) in [5.74, 6) is -0.0746. The number of ether oxygens (including phenoxy) is 1. The molecule has 2 heteroatoms. The molecule has 0 atom stereocenters. The molecule has 0 fully saturated rings. The molecule has 0 radical (unpaired) electrons. The Morgan fingerprint density at radius 2 is 1.86 bits per heavy atom. The van der Waals surface area contributed by atoms with Gasteiger partial charge in [0.15, 0.2) is 0 Å². The number of hydrogen-bond acceptors (Lipinski definition) is 2. The van der Waals surface area contributed by atoms with Crippen molar-refractivity contribution in [2.24, 2.45) is 0 Å². The van der Waals surface area contributed by atoms with Gasteiger partial charge in [0.1, 0.15) is 0 Å². The lowest BCUT2D eigenvalue weighted by atomic mass is 10.2. The molecule has 82 valence electrons. The molecule has 0 unspecified atom stereocenters. The molecule has 0 aliphatic rings. The lowest BCUT2D eigenvalue weighted by Gasteiger charge is -2.00. The molecule has 0 heterocycles. The normalized spacial score (nSPS) is 10.7. The molecule has 0 spiro atoms. The Bertz CT molecular complexity index is 162. The molecule has 0 aromatic heterocycles. The van der Waals surface area contributed by atoms with Crippen LogP contribution in [0.2, 0.25) is 0 Å². The van der Waals surface area contributed by atoms with E-state index in [4.69, 9.17) is 4.74 Å². The Balaban J connectivity index is 3.19. The van der Waals surface area contributed by atoms with Crippen molar-refractivity contribution < 1.29 is 9.53 Å². The highest BCUT2D eigenvalue weighted by Gasteiger charge is 1.97. The van der Waals surface area contributed by atoms with Gasteiger partial charge in [0.25, 0.3) is 0 Å². The highest BCUT2D eigenvalue weighted by molar-refractivity contribution is 5.69. The Hall–Kier alpha value is -0.790. The number of allylic oxidation sites excluding steroid dienone is 1. The number of rotatable bonds is 8. The van der Waals surface area contributed by atoms with Crippen molar-refractivity contribution in [3.63, 3.8) is 0 Å². The molecule has 0 amide bonds. The maximum atomic E-state index is 10.9. The molecule has 0 aliphatic heterocycles. The minimum atomic E-state index is -0.0746. The van der Waals surface area contributed by atoms with Gasteiger partial charge in [0.2, 0.25) is 0 Å². The smallest absolute Gasteiger partial charge is 0.305 e. The van der Waals surface area contributed by atoms with E-state index in [2.05, 4.69) is 19.1 Å². The van der Waals surface area contributed by atoms with Crippen molar-refractivity contribution in [1.29, 1.82) is 0 Å². The van der Waals surface area contributed by atoms with Crippen LogP contribution in [0.25, 0.3) is 0 Å². The van der Waals surface area contributed by atoms with E-state index < -0.39 is 0 Å². The van der Waals surface area contributed by atoms with Crippen molar-refractivity contribution in [3.8, 4) is 0 Å². The van der Waals surface area contributed by atoms with Crippen LogP contribution in [-0.4, -0.2) is 12.6 Å². The molecule has 0 N–H and O–H groups in total. The maximum Gasteiger partial charge on any atom is 0.305 e. The summed E-state index contributed by atoms with van der Waals surface area (Å²) in [5.41, 5.74) is 0. The Kier molecular flexibility index (Phi) is 9.71. The van der Waals surface area contributed by atoms with E-state index in [1.165, 1.54) is 12.8 Å². The van der Waals surface area contributed by atoms with Gasteiger partial charge < -0.3 is 4.74 Å². The third-order valence-electron chi connectivity index (χ3n) is 1.89. The predicted octanol–water partition coefficient (Wildman–Crippen LogP) is 3.47.